The van der Waals surface area contributed by atoms with Crippen molar-refractivity contribution in [2.75, 3.05) is 0 Å². The lowest BCUT2D eigenvalue weighted by atomic mass is 10.1. The molecule has 4 heteroatoms. The van der Waals surface area contributed by atoms with Crippen LogP contribution in [0.2, 0.25) is 0 Å². The van der Waals surface area contributed by atoms with Crippen molar-refractivity contribution >= 4 is 12.0 Å². The lowest BCUT2D eigenvalue weighted by molar-refractivity contribution is -0.131. The Balaban J connectivity index is 2.16. The lowest BCUT2D eigenvalue weighted by Gasteiger charge is -2.10. The SMILES string of the molecule is Cc1ccc(OCc2ccncc2)c(C=CC(=O)O)c1. The van der Waals surface area contributed by atoms with Crippen molar-refractivity contribution in [1.82, 2.24) is 4.98 Å². The molecule has 0 saturated carbocycles. The number of rotatable bonds is 5. The molecule has 2 rings (SSSR count). The molecule has 1 aromatic carbocycles. The Kier molecular flexibility index (Phi) is 4.50. The second kappa shape index (κ2) is 6.52. The third-order valence-electron chi connectivity index (χ3n) is 2.71. The van der Waals surface area contributed by atoms with Gasteiger partial charge in [0.1, 0.15) is 12.4 Å². The van der Waals surface area contributed by atoms with E-state index in [9.17, 15) is 4.79 Å². The normalized spacial score (nSPS) is 10.7. The maximum Gasteiger partial charge on any atom is 0.328 e. The van der Waals surface area contributed by atoms with Crippen LogP contribution < -0.4 is 4.74 Å². The van der Waals surface area contributed by atoms with E-state index in [1.807, 2.05) is 37.3 Å². The number of hydrogen-bond acceptors (Lipinski definition) is 3. The van der Waals surface area contributed by atoms with E-state index in [0.717, 1.165) is 22.8 Å². The van der Waals surface area contributed by atoms with Crippen molar-refractivity contribution < 1.29 is 14.6 Å². The van der Waals surface area contributed by atoms with Crippen LogP contribution >= 0.6 is 0 Å². The molecule has 0 unspecified atom stereocenters. The van der Waals surface area contributed by atoms with Crippen LogP contribution in [0.5, 0.6) is 5.75 Å². The molecule has 0 aliphatic rings. The average Bonchev–Trinajstić information content (AvgIpc) is 2.45. The summed E-state index contributed by atoms with van der Waals surface area (Å²) in [5, 5.41) is 8.71. The van der Waals surface area contributed by atoms with E-state index < -0.39 is 5.97 Å². The largest absolute Gasteiger partial charge is 0.488 e. The fraction of sp³-hybridized carbons (Fsp3) is 0.125. The molecule has 20 heavy (non-hydrogen) atoms. The van der Waals surface area contributed by atoms with Crippen molar-refractivity contribution in [1.29, 1.82) is 0 Å². The third kappa shape index (κ3) is 3.95. The van der Waals surface area contributed by atoms with Gasteiger partial charge in [0.15, 0.2) is 0 Å². The van der Waals surface area contributed by atoms with Gasteiger partial charge in [-0.1, -0.05) is 11.6 Å². The average molecular weight is 269 g/mol. The number of nitrogens with zero attached hydrogens (tertiary/aromatic N) is 1. The Morgan fingerprint density at radius 3 is 2.75 bits per heavy atom. The predicted molar refractivity (Wildman–Crippen MR) is 76.4 cm³/mol. The topological polar surface area (TPSA) is 59.4 Å². The van der Waals surface area contributed by atoms with E-state index in [2.05, 4.69) is 4.98 Å². The Morgan fingerprint density at radius 2 is 2.05 bits per heavy atom. The summed E-state index contributed by atoms with van der Waals surface area (Å²) in [4.78, 5) is 14.6. The van der Waals surface area contributed by atoms with Gasteiger partial charge in [-0.05, 0) is 42.8 Å². The Bertz CT molecular complexity index is 621. The van der Waals surface area contributed by atoms with Crippen molar-refractivity contribution in [3.63, 3.8) is 0 Å². The molecule has 0 spiro atoms. The number of aliphatic carboxylic acids is 1. The fourth-order valence-corrected chi connectivity index (χ4v) is 1.73. The van der Waals surface area contributed by atoms with E-state index in [0.29, 0.717) is 12.4 Å². The summed E-state index contributed by atoms with van der Waals surface area (Å²) in [6.45, 7) is 2.37. The minimum Gasteiger partial charge on any atom is -0.488 e. The van der Waals surface area contributed by atoms with Gasteiger partial charge in [-0.2, -0.15) is 0 Å². The Labute approximate surface area is 117 Å². The van der Waals surface area contributed by atoms with Gasteiger partial charge in [0.2, 0.25) is 0 Å². The zero-order chi connectivity index (χ0) is 14.4. The highest BCUT2D eigenvalue weighted by molar-refractivity contribution is 5.85. The number of pyridine rings is 1. The number of carbonyl (C=O) groups is 1. The van der Waals surface area contributed by atoms with Crippen molar-refractivity contribution in [2.45, 2.75) is 13.5 Å². The molecule has 0 fully saturated rings. The first kappa shape index (κ1) is 13.8. The minimum atomic E-state index is -0.980. The number of aryl methyl sites for hydroxylation is 1. The number of hydrogen-bond donors (Lipinski definition) is 1. The molecule has 0 atom stereocenters. The van der Waals surface area contributed by atoms with E-state index in [1.165, 1.54) is 6.08 Å². The first-order chi connectivity index (χ1) is 9.65. The first-order valence-electron chi connectivity index (χ1n) is 6.18. The highest BCUT2D eigenvalue weighted by atomic mass is 16.5. The van der Waals surface area contributed by atoms with Crippen molar-refractivity contribution in [3.8, 4) is 5.75 Å². The number of benzene rings is 1. The highest BCUT2D eigenvalue weighted by Gasteiger charge is 2.03. The van der Waals surface area contributed by atoms with Crippen LogP contribution in [0.25, 0.3) is 6.08 Å². The second-order valence-corrected chi connectivity index (χ2v) is 4.36. The predicted octanol–water partition coefficient (Wildman–Crippen LogP) is 3.07. The smallest absolute Gasteiger partial charge is 0.328 e. The van der Waals surface area contributed by atoms with Crippen LogP contribution in [-0.4, -0.2) is 16.1 Å². The van der Waals surface area contributed by atoms with E-state index >= 15 is 0 Å². The van der Waals surface area contributed by atoms with Crippen molar-refractivity contribution in [3.05, 3.63) is 65.5 Å². The van der Waals surface area contributed by atoms with Gasteiger partial charge >= 0.3 is 5.97 Å². The molecule has 0 aliphatic carbocycles. The monoisotopic (exact) mass is 269 g/mol. The number of aromatic nitrogens is 1. The zero-order valence-corrected chi connectivity index (χ0v) is 11.1. The quantitative estimate of drug-likeness (QED) is 0.847. The van der Waals surface area contributed by atoms with Crippen LogP contribution in [0.3, 0.4) is 0 Å². The minimum absolute atomic E-state index is 0.416. The standard InChI is InChI=1S/C16H15NO3/c1-12-2-4-15(14(10-12)3-5-16(18)19)20-11-13-6-8-17-9-7-13/h2-10H,11H2,1H3,(H,18,19). The summed E-state index contributed by atoms with van der Waals surface area (Å²) in [6.07, 6.45) is 6.06. The van der Waals surface area contributed by atoms with Gasteiger partial charge in [0, 0.05) is 24.0 Å². The maximum atomic E-state index is 10.6. The van der Waals surface area contributed by atoms with Gasteiger partial charge in [-0.25, -0.2) is 4.79 Å². The van der Waals surface area contributed by atoms with E-state index in [-0.39, 0.29) is 0 Å². The molecule has 1 N–H and O–H groups in total. The molecule has 0 saturated heterocycles. The highest BCUT2D eigenvalue weighted by Crippen LogP contribution is 2.22. The van der Waals surface area contributed by atoms with Gasteiger partial charge in [0.25, 0.3) is 0 Å². The fourth-order valence-electron chi connectivity index (χ4n) is 1.73. The van der Waals surface area contributed by atoms with Gasteiger partial charge in [-0.15, -0.1) is 0 Å². The molecular formula is C16H15NO3. The summed E-state index contributed by atoms with van der Waals surface area (Å²) in [5.41, 5.74) is 2.81. The van der Waals surface area contributed by atoms with Gasteiger partial charge in [0.05, 0.1) is 0 Å². The molecule has 0 amide bonds. The Hall–Kier alpha value is -2.62. The lowest BCUT2D eigenvalue weighted by Crippen LogP contribution is -1.97. The number of ether oxygens (including phenoxy) is 1. The Morgan fingerprint density at radius 1 is 1.30 bits per heavy atom. The molecule has 1 heterocycles. The summed E-state index contributed by atoms with van der Waals surface area (Å²) < 4.78 is 5.74. The van der Waals surface area contributed by atoms with Crippen molar-refractivity contribution in [2.24, 2.45) is 0 Å². The molecule has 102 valence electrons. The van der Waals surface area contributed by atoms with Crippen LogP contribution in [-0.2, 0) is 11.4 Å². The number of carboxylic acid groups (broad SMARTS) is 1. The first-order valence-corrected chi connectivity index (χ1v) is 6.18. The summed E-state index contributed by atoms with van der Waals surface area (Å²) in [7, 11) is 0. The summed E-state index contributed by atoms with van der Waals surface area (Å²) >= 11 is 0. The molecule has 0 aliphatic heterocycles. The maximum absolute atomic E-state index is 10.6. The molecule has 2 aromatic rings. The molecule has 1 aromatic heterocycles. The number of carboxylic acids is 1. The van der Waals surface area contributed by atoms with Crippen LogP contribution in [0, 0.1) is 6.92 Å². The van der Waals surface area contributed by atoms with Gasteiger partial charge < -0.3 is 9.84 Å². The zero-order valence-electron chi connectivity index (χ0n) is 11.1. The van der Waals surface area contributed by atoms with Crippen LogP contribution in [0.4, 0.5) is 0 Å². The summed E-state index contributed by atoms with van der Waals surface area (Å²) in [6, 6.07) is 9.42. The summed E-state index contributed by atoms with van der Waals surface area (Å²) in [5.74, 6) is -0.323. The molecular weight excluding hydrogens is 254 g/mol. The molecule has 0 bridgehead atoms. The van der Waals surface area contributed by atoms with Crippen LogP contribution in [0.15, 0.2) is 48.8 Å². The van der Waals surface area contributed by atoms with Gasteiger partial charge in [-0.3, -0.25) is 4.98 Å². The van der Waals surface area contributed by atoms with E-state index in [4.69, 9.17) is 9.84 Å². The molecule has 0 radical (unpaired) electrons. The van der Waals surface area contributed by atoms with Crippen LogP contribution in [0.1, 0.15) is 16.7 Å². The molecule has 4 nitrogen and oxygen atoms in total. The van der Waals surface area contributed by atoms with E-state index in [1.54, 1.807) is 12.4 Å². The second-order valence-electron chi connectivity index (χ2n) is 4.36. The third-order valence-corrected chi connectivity index (χ3v) is 2.71.